The Balaban J connectivity index is 1.37. The van der Waals surface area contributed by atoms with Gasteiger partial charge >= 0.3 is 222 Å². The van der Waals surface area contributed by atoms with Crippen LogP contribution in [0.15, 0.2) is 152 Å². The maximum atomic E-state index is 2.39. The van der Waals surface area contributed by atoms with E-state index in [1.807, 2.05) is 0 Å². The van der Waals surface area contributed by atoms with Crippen LogP contribution in [0.4, 0.5) is 17.1 Å². The predicted molar refractivity (Wildman–Crippen MR) is 174 cm³/mol. The van der Waals surface area contributed by atoms with Crippen molar-refractivity contribution in [2.75, 3.05) is 4.90 Å². The van der Waals surface area contributed by atoms with Crippen LogP contribution in [0.1, 0.15) is 0 Å². The van der Waals surface area contributed by atoms with Crippen molar-refractivity contribution in [2.45, 2.75) is 0 Å². The van der Waals surface area contributed by atoms with E-state index in [1.165, 1.54) is 57.7 Å². The molecular formula is C38H25NSe. The molecule has 0 N–H and O–H groups in total. The van der Waals surface area contributed by atoms with Crippen LogP contribution in [-0.4, -0.2) is 14.5 Å². The first-order valence-electron chi connectivity index (χ1n) is 13.6. The summed E-state index contributed by atoms with van der Waals surface area (Å²) in [6.45, 7) is 0. The number of para-hydroxylation sites is 1. The van der Waals surface area contributed by atoms with Gasteiger partial charge in [0.05, 0.1) is 0 Å². The van der Waals surface area contributed by atoms with Gasteiger partial charge in [0.1, 0.15) is 0 Å². The van der Waals surface area contributed by atoms with Crippen LogP contribution >= 0.6 is 0 Å². The zero-order valence-electron chi connectivity index (χ0n) is 21.8. The van der Waals surface area contributed by atoms with E-state index in [9.17, 15) is 0 Å². The molecule has 0 radical (unpaired) electrons. The maximum absolute atomic E-state index is 2.39. The van der Waals surface area contributed by atoms with Crippen LogP contribution in [0, 0.1) is 0 Å². The monoisotopic (exact) mass is 575 g/mol. The smallest absolute Gasteiger partial charge is 0.0617 e. The number of anilines is 3. The molecule has 0 atom stereocenters. The van der Waals surface area contributed by atoms with Crippen LogP contribution in [-0.2, 0) is 0 Å². The number of hydrogen-bond acceptors (Lipinski definition) is 1. The summed E-state index contributed by atoms with van der Waals surface area (Å²) in [5.41, 5.74) is 5.94. The van der Waals surface area contributed by atoms with E-state index in [4.69, 9.17) is 0 Å². The number of rotatable bonds is 4. The summed E-state index contributed by atoms with van der Waals surface area (Å²) in [7, 11) is 0. The fourth-order valence-electron chi connectivity index (χ4n) is 5.97. The Morgan fingerprint density at radius 1 is 0.400 bits per heavy atom. The molecule has 0 amide bonds. The summed E-state index contributed by atoms with van der Waals surface area (Å²) < 4.78 is 2.99. The summed E-state index contributed by atoms with van der Waals surface area (Å²) in [5.74, 6) is 0. The molecule has 8 aromatic rings. The van der Waals surface area contributed by atoms with Crippen LogP contribution in [0.2, 0.25) is 0 Å². The molecule has 0 fully saturated rings. The first kappa shape index (κ1) is 23.3. The van der Waals surface area contributed by atoms with Crippen LogP contribution < -0.4 is 4.90 Å². The second-order valence-electron chi connectivity index (χ2n) is 10.2. The van der Waals surface area contributed by atoms with Gasteiger partial charge in [-0.1, -0.05) is 18.2 Å². The van der Waals surface area contributed by atoms with E-state index < -0.39 is 0 Å². The second-order valence-corrected chi connectivity index (χ2v) is 12.4. The molecule has 1 nitrogen and oxygen atoms in total. The van der Waals surface area contributed by atoms with Crippen molar-refractivity contribution in [1.82, 2.24) is 0 Å². The van der Waals surface area contributed by atoms with E-state index in [-0.39, 0.29) is 0 Å². The van der Waals surface area contributed by atoms with Gasteiger partial charge in [0.2, 0.25) is 0 Å². The zero-order valence-corrected chi connectivity index (χ0v) is 23.5. The minimum Gasteiger partial charge on any atom is -0.0617 e. The molecule has 0 unspecified atom stereocenters. The molecule has 0 aliphatic carbocycles. The SMILES string of the molecule is c1ccc(-c2ccc(N(c3ccccc3)c3cccc4c3ccc3ccc5c6ccccc6[se]c5c34)cc2)cc1. The third-order valence-electron chi connectivity index (χ3n) is 7.85. The summed E-state index contributed by atoms with van der Waals surface area (Å²) in [5, 5.41) is 8.11. The number of hydrogen-bond donors (Lipinski definition) is 0. The van der Waals surface area contributed by atoms with Gasteiger partial charge in [-0.05, 0) is 0 Å². The van der Waals surface area contributed by atoms with Crippen molar-refractivity contribution in [3.05, 3.63) is 152 Å². The van der Waals surface area contributed by atoms with Crippen molar-refractivity contribution in [3.63, 3.8) is 0 Å². The molecule has 0 saturated carbocycles. The Labute approximate surface area is 239 Å². The standard InChI is InChI=1S/C38H25NSe/c1-3-10-26(11-4-1)27-18-22-30(23-19-27)39(29-12-5-2-6-13-29)35-16-9-15-33-31(35)24-20-28-21-25-34-32-14-7-8-17-36(32)40-38(34)37(28)33/h1-25H. The molecule has 0 aliphatic rings. The van der Waals surface area contributed by atoms with Gasteiger partial charge in [-0.3, -0.25) is 0 Å². The molecule has 40 heavy (non-hydrogen) atoms. The third-order valence-corrected chi connectivity index (χ3v) is 10.4. The normalized spacial score (nSPS) is 11.5. The van der Waals surface area contributed by atoms with E-state index in [2.05, 4.69) is 157 Å². The Bertz CT molecular complexity index is 2140. The van der Waals surface area contributed by atoms with E-state index in [0.717, 1.165) is 11.4 Å². The van der Waals surface area contributed by atoms with Crippen molar-refractivity contribution < 1.29 is 0 Å². The van der Waals surface area contributed by atoms with Crippen molar-refractivity contribution >= 4 is 72.4 Å². The van der Waals surface area contributed by atoms with E-state index in [0.29, 0.717) is 14.5 Å². The van der Waals surface area contributed by atoms with E-state index in [1.54, 1.807) is 0 Å². The Hall–Kier alpha value is -4.62. The van der Waals surface area contributed by atoms with Gasteiger partial charge in [0.15, 0.2) is 0 Å². The van der Waals surface area contributed by atoms with Crippen molar-refractivity contribution in [2.24, 2.45) is 0 Å². The average Bonchev–Trinajstić information content (AvgIpc) is 3.41. The fraction of sp³-hybridized carbons (Fsp3) is 0. The first-order valence-corrected chi connectivity index (χ1v) is 15.3. The molecule has 8 rings (SSSR count). The van der Waals surface area contributed by atoms with Gasteiger partial charge in [-0.15, -0.1) is 0 Å². The van der Waals surface area contributed by atoms with Gasteiger partial charge in [-0.2, -0.15) is 0 Å². The topological polar surface area (TPSA) is 3.24 Å². The number of benzene rings is 7. The molecular weight excluding hydrogens is 549 g/mol. The van der Waals surface area contributed by atoms with E-state index >= 15 is 0 Å². The molecule has 0 saturated heterocycles. The fourth-order valence-corrected chi connectivity index (χ4v) is 8.64. The van der Waals surface area contributed by atoms with Gasteiger partial charge in [0, 0.05) is 0 Å². The van der Waals surface area contributed by atoms with Crippen molar-refractivity contribution in [1.29, 1.82) is 0 Å². The van der Waals surface area contributed by atoms with Crippen LogP contribution in [0.3, 0.4) is 0 Å². The molecule has 0 aliphatic heterocycles. The molecule has 2 heteroatoms. The number of nitrogens with zero attached hydrogens (tertiary/aromatic N) is 1. The summed E-state index contributed by atoms with van der Waals surface area (Å²) >= 11 is 0.294. The molecule has 1 heterocycles. The predicted octanol–water partition coefficient (Wildman–Crippen LogP) is 10.5. The third kappa shape index (κ3) is 3.77. The van der Waals surface area contributed by atoms with Gasteiger partial charge in [-0.25, -0.2) is 0 Å². The summed E-state index contributed by atoms with van der Waals surface area (Å²) in [6, 6.07) is 55.2. The zero-order chi connectivity index (χ0) is 26.5. The van der Waals surface area contributed by atoms with Crippen LogP contribution in [0.5, 0.6) is 0 Å². The molecule has 1 aromatic heterocycles. The number of fused-ring (bicyclic) bond motifs is 7. The second kappa shape index (κ2) is 9.54. The van der Waals surface area contributed by atoms with Crippen molar-refractivity contribution in [3.8, 4) is 11.1 Å². The Morgan fingerprint density at radius 2 is 1.02 bits per heavy atom. The molecule has 188 valence electrons. The average molecular weight is 575 g/mol. The molecule has 0 spiro atoms. The summed E-state index contributed by atoms with van der Waals surface area (Å²) in [4.78, 5) is 2.39. The minimum atomic E-state index is 0.294. The van der Waals surface area contributed by atoms with Gasteiger partial charge < -0.3 is 0 Å². The molecule has 7 aromatic carbocycles. The quantitative estimate of drug-likeness (QED) is 0.149. The summed E-state index contributed by atoms with van der Waals surface area (Å²) in [6.07, 6.45) is 0. The first-order chi connectivity index (χ1) is 19.8. The van der Waals surface area contributed by atoms with Gasteiger partial charge in [0.25, 0.3) is 0 Å². The Kier molecular flexibility index (Phi) is 5.55. The molecule has 0 bridgehead atoms. The van der Waals surface area contributed by atoms with Crippen LogP contribution in [0.25, 0.3) is 52.0 Å². The minimum absolute atomic E-state index is 0.294. The Morgan fingerprint density at radius 3 is 1.82 bits per heavy atom.